The zero-order valence-corrected chi connectivity index (χ0v) is 15.9. The molecule has 0 spiro atoms. The lowest BCUT2D eigenvalue weighted by Gasteiger charge is -2.25. The third-order valence-corrected chi connectivity index (χ3v) is 5.28. The second-order valence-corrected chi connectivity index (χ2v) is 7.38. The molecule has 1 fully saturated rings. The first kappa shape index (κ1) is 18.4. The number of carbonyl (C=O) groups excluding carboxylic acids is 1. The van der Waals surface area contributed by atoms with Crippen molar-refractivity contribution in [2.45, 2.75) is 32.2 Å². The molecule has 1 aliphatic heterocycles. The van der Waals surface area contributed by atoms with Crippen LogP contribution in [0.25, 0.3) is 0 Å². The Balaban J connectivity index is 1.55. The highest BCUT2D eigenvalue weighted by Crippen LogP contribution is 2.32. The molecule has 1 unspecified atom stereocenters. The summed E-state index contributed by atoms with van der Waals surface area (Å²) in [4.78, 5) is 19.7. The summed E-state index contributed by atoms with van der Waals surface area (Å²) in [5, 5.41) is 0. The predicted molar refractivity (Wildman–Crippen MR) is 108 cm³/mol. The number of hydrogen-bond acceptors (Lipinski definition) is 2. The molecule has 2 aromatic carbocycles. The molecule has 1 saturated heterocycles. The molecule has 0 N–H and O–H groups in total. The van der Waals surface area contributed by atoms with Crippen molar-refractivity contribution in [3.8, 4) is 0 Å². The topological polar surface area (TPSA) is 33.2 Å². The van der Waals surface area contributed by atoms with Gasteiger partial charge in [-0.15, -0.1) is 0 Å². The van der Waals surface area contributed by atoms with Crippen LogP contribution in [0.3, 0.4) is 0 Å². The van der Waals surface area contributed by atoms with Gasteiger partial charge in [0.1, 0.15) is 5.82 Å². The Labute approximate surface area is 164 Å². The molecule has 0 radical (unpaired) electrons. The highest BCUT2D eigenvalue weighted by atomic mass is 19.1. The predicted octanol–water partition coefficient (Wildman–Crippen LogP) is 5.10. The maximum Gasteiger partial charge on any atom is 0.254 e. The van der Waals surface area contributed by atoms with Crippen molar-refractivity contribution < 1.29 is 9.18 Å². The fourth-order valence-corrected chi connectivity index (χ4v) is 3.77. The number of hydrogen-bond donors (Lipinski definition) is 0. The number of halogens is 1. The van der Waals surface area contributed by atoms with E-state index in [2.05, 4.69) is 31.2 Å². The van der Waals surface area contributed by atoms with E-state index in [0.29, 0.717) is 12.1 Å². The fourth-order valence-electron chi connectivity index (χ4n) is 3.77. The van der Waals surface area contributed by atoms with Gasteiger partial charge in [-0.05, 0) is 61.7 Å². The van der Waals surface area contributed by atoms with Crippen molar-refractivity contribution in [3.05, 3.63) is 101 Å². The highest BCUT2D eigenvalue weighted by Gasteiger charge is 2.31. The molecule has 2 heterocycles. The van der Waals surface area contributed by atoms with Crippen molar-refractivity contribution >= 4 is 5.91 Å². The number of rotatable bonds is 4. The minimum absolute atomic E-state index is 0.0319. The summed E-state index contributed by atoms with van der Waals surface area (Å²) in [6.45, 7) is 2.78. The molecule has 3 nitrogen and oxygen atoms in total. The number of amides is 1. The molecular formula is C24H23FN2O. The van der Waals surface area contributed by atoms with Crippen molar-refractivity contribution in [3.63, 3.8) is 0 Å². The summed E-state index contributed by atoms with van der Waals surface area (Å²) in [7, 11) is 0. The Morgan fingerprint density at radius 2 is 1.82 bits per heavy atom. The van der Waals surface area contributed by atoms with Crippen LogP contribution in [0.4, 0.5) is 4.39 Å². The van der Waals surface area contributed by atoms with E-state index in [1.54, 1.807) is 12.1 Å². The maximum atomic E-state index is 13.2. The van der Waals surface area contributed by atoms with Crippen LogP contribution in [0.1, 0.15) is 51.8 Å². The van der Waals surface area contributed by atoms with Crippen molar-refractivity contribution in [2.75, 3.05) is 6.54 Å². The normalized spacial score (nSPS) is 16.4. The minimum atomic E-state index is -0.333. The largest absolute Gasteiger partial charge is 0.330 e. The van der Waals surface area contributed by atoms with Gasteiger partial charge in [0.2, 0.25) is 0 Å². The first-order valence-electron chi connectivity index (χ1n) is 9.68. The fraction of sp³-hybridized carbons (Fsp3) is 0.250. The third-order valence-electron chi connectivity index (χ3n) is 5.28. The van der Waals surface area contributed by atoms with Gasteiger partial charge >= 0.3 is 0 Å². The number of pyridine rings is 1. The van der Waals surface area contributed by atoms with Crippen molar-refractivity contribution in [2.24, 2.45) is 0 Å². The second-order valence-electron chi connectivity index (χ2n) is 7.38. The van der Waals surface area contributed by atoms with E-state index in [-0.39, 0.29) is 17.8 Å². The number of aryl methyl sites for hydroxylation is 1. The molecule has 0 bridgehead atoms. The average Bonchev–Trinajstić information content (AvgIpc) is 3.20. The average molecular weight is 374 g/mol. The molecule has 142 valence electrons. The van der Waals surface area contributed by atoms with Gasteiger partial charge in [-0.2, -0.15) is 0 Å². The van der Waals surface area contributed by atoms with Crippen LogP contribution in [0.15, 0.2) is 66.7 Å². The van der Waals surface area contributed by atoms with Gasteiger partial charge in [-0.25, -0.2) is 4.39 Å². The lowest BCUT2D eigenvalue weighted by atomic mass is 10.1. The van der Waals surface area contributed by atoms with Gasteiger partial charge in [0, 0.05) is 24.2 Å². The molecule has 0 saturated carbocycles. The smallest absolute Gasteiger partial charge is 0.254 e. The molecule has 1 amide bonds. The summed E-state index contributed by atoms with van der Waals surface area (Å²) < 4.78 is 13.2. The number of nitrogens with zero attached hydrogens (tertiary/aromatic N) is 2. The summed E-state index contributed by atoms with van der Waals surface area (Å²) in [5.74, 6) is -0.395. The molecule has 4 rings (SSSR count). The third kappa shape index (κ3) is 3.96. The van der Waals surface area contributed by atoms with Gasteiger partial charge in [0.15, 0.2) is 0 Å². The Morgan fingerprint density at radius 1 is 1.07 bits per heavy atom. The van der Waals surface area contributed by atoms with Crippen LogP contribution < -0.4 is 0 Å². The quantitative estimate of drug-likeness (QED) is 0.637. The van der Waals surface area contributed by atoms with E-state index < -0.39 is 0 Å². The van der Waals surface area contributed by atoms with E-state index in [0.717, 1.165) is 30.7 Å². The Hall–Kier alpha value is -3.01. The zero-order valence-electron chi connectivity index (χ0n) is 15.9. The molecule has 1 atom stereocenters. The van der Waals surface area contributed by atoms with Gasteiger partial charge in [0.25, 0.3) is 5.91 Å². The van der Waals surface area contributed by atoms with Crippen molar-refractivity contribution in [1.82, 2.24) is 9.88 Å². The first-order chi connectivity index (χ1) is 13.6. The molecule has 3 aromatic rings. The van der Waals surface area contributed by atoms with Crippen molar-refractivity contribution in [1.29, 1.82) is 0 Å². The monoisotopic (exact) mass is 374 g/mol. The summed E-state index contributed by atoms with van der Waals surface area (Å²) in [6, 6.07) is 20.3. The van der Waals surface area contributed by atoms with Crippen LogP contribution in [0, 0.1) is 12.7 Å². The van der Waals surface area contributed by atoms with Gasteiger partial charge in [-0.3, -0.25) is 9.78 Å². The molecule has 4 heteroatoms. The first-order valence-corrected chi connectivity index (χ1v) is 9.68. The van der Waals surface area contributed by atoms with E-state index in [9.17, 15) is 9.18 Å². The van der Waals surface area contributed by atoms with Crippen LogP contribution in [-0.4, -0.2) is 22.3 Å². The Morgan fingerprint density at radius 3 is 2.57 bits per heavy atom. The van der Waals surface area contributed by atoms with Crippen LogP contribution in [0.5, 0.6) is 0 Å². The lowest BCUT2D eigenvalue weighted by Crippen LogP contribution is -2.31. The van der Waals surface area contributed by atoms with Gasteiger partial charge in [-0.1, -0.05) is 35.9 Å². The van der Waals surface area contributed by atoms with E-state index in [1.807, 2.05) is 23.1 Å². The summed E-state index contributed by atoms with van der Waals surface area (Å²) in [6.07, 6.45) is 2.61. The van der Waals surface area contributed by atoms with E-state index in [1.165, 1.54) is 23.3 Å². The van der Waals surface area contributed by atoms with Gasteiger partial charge < -0.3 is 4.90 Å². The number of likely N-dealkylation sites (tertiary alicyclic amines) is 1. The number of aromatic nitrogens is 1. The Kier molecular flexibility index (Phi) is 5.20. The molecule has 1 aliphatic rings. The lowest BCUT2D eigenvalue weighted by molar-refractivity contribution is 0.0732. The maximum absolute atomic E-state index is 13.2. The molecule has 1 aromatic heterocycles. The van der Waals surface area contributed by atoms with Crippen LogP contribution in [-0.2, 0) is 6.42 Å². The minimum Gasteiger partial charge on any atom is -0.330 e. The van der Waals surface area contributed by atoms with E-state index in [4.69, 9.17) is 4.98 Å². The standard InChI is InChI=1S/C24H23FN2O/c1-17-7-9-18(10-8-17)16-21-4-2-5-22(26-21)23-6-3-15-27(23)24(28)19-11-13-20(25)14-12-19/h2,4-5,7-14,23H,3,6,15-16H2,1H3. The number of benzene rings is 2. The van der Waals surface area contributed by atoms with Gasteiger partial charge in [0.05, 0.1) is 11.7 Å². The van der Waals surface area contributed by atoms with E-state index >= 15 is 0 Å². The molecular weight excluding hydrogens is 351 g/mol. The summed E-state index contributed by atoms with van der Waals surface area (Å²) >= 11 is 0. The zero-order chi connectivity index (χ0) is 19.5. The summed E-state index contributed by atoms with van der Waals surface area (Å²) in [5.41, 5.74) is 4.91. The number of carbonyl (C=O) groups is 1. The Bertz CT molecular complexity index is 967. The molecule has 0 aliphatic carbocycles. The van der Waals surface area contributed by atoms with Crippen LogP contribution >= 0.6 is 0 Å². The molecule has 28 heavy (non-hydrogen) atoms. The van der Waals surface area contributed by atoms with Crippen LogP contribution in [0.2, 0.25) is 0 Å². The SMILES string of the molecule is Cc1ccc(Cc2cccc(C3CCCN3C(=O)c3ccc(F)cc3)n2)cc1. The highest BCUT2D eigenvalue weighted by molar-refractivity contribution is 5.94. The second kappa shape index (κ2) is 7.93.